The second-order valence-corrected chi connectivity index (χ2v) is 0.408. The van der Waals surface area contributed by atoms with Crippen molar-refractivity contribution in [3.8, 4) is 0 Å². The van der Waals surface area contributed by atoms with Gasteiger partial charge in [0.25, 0.3) is 0 Å². The molecule has 0 atom stereocenters. The van der Waals surface area contributed by atoms with E-state index in [-0.39, 0.29) is 27.3 Å². The number of hydrogen-bond acceptors (Lipinski definition) is 0. The summed E-state index contributed by atoms with van der Waals surface area (Å²) >= 11 is 0. The van der Waals surface area contributed by atoms with E-state index in [9.17, 15) is 0 Å². The molecule has 0 aromatic carbocycles. The Kier molecular flexibility index (Phi) is 143. The predicted molar refractivity (Wildman–Crippen MR) is 32.9 cm³/mol. The fourth-order valence-corrected chi connectivity index (χ4v) is 0. The van der Waals surface area contributed by atoms with E-state index in [1.54, 1.807) is 6.08 Å². The molecule has 0 aromatic heterocycles. The molecule has 0 N–H and O–H groups in total. The fraction of sp³-hybridized carbons (Fsp3) is 0.200. The fourth-order valence-electron chi connectivity index (χ4n) is 0. The average molecular weight is 277 g/mol. The summed E-state index contributed by atoms with van der Waals surface area (Å²) in [5.74, 6) is 0. The average Bonchev–Trinajstić information content (AvgIpc) is 1.46. The van der Waals surface area contributed by atoms with Gasteiger partial charge in [0, 0.05) is 27.3 Å². The van der Waals surface area contributed by atoms with E-state index in [1.165, 1.54) is 0 Å². The molecule has 0 rings (SSSR count). The first-order valence-corrected chi connectivity index (χ1v) is 1.49. The molecule has 1 heteroatoms. The molecule has 0 saturated heterocycles. The third-order valence-electron chi connectivity index (χ3n) is 0. The van der Waals surface area contributed by atoms with Crippen LogP contribution in [-0.4, -0.2) is 27.3 Å². The Morgan fingerprint density at radius 2 is 1.33 bits per heavy atom. The minimum absolute atomic E-state index is 0. The van der Waals surface area contributed by atoms with Crippen LogP contribution in [0.4, 0.5) is 0 Å². The van der Waals surface area contributed by atoms with Crippen LogP contribution in [0.3, 0.4) is 0 Å². The number of allylic oxidation sites excluding steroid dienone is 1. The molecule has 0 aromatic rings. The maximum Gasteiger partial charge on any atom is 0 e. The Morgan fingerprint density at radius 3 is 1.33 bits per heavy atom. The Labute approximate surface area is 60.1 Å². The van der Waals surface area contributed by atoms with Gasteiger partial charge in [0.2, 0.25) is 0 Å². The number of hydrogen-bond donors (Lipinski definition) is 0. The maximum atomic E-state index is 3.36. The van der Waals surface area contributed by atoms with Crippen molar-refractivity contribution in [3.63, 3.8) is 0 Å². The van der Waals surface area contributed by atoms with E-state index in [4.69, 9.17) is 0 Å². The van der Waals surface area contributed by atoms with E-state index in [0.717, 1.165) is 0 Å². The molecule has 0 nitrogen and oxygen atoms in total. The van der Waals surface area contributed by atoms with Gasteiger partial charge in [0.15, 0.2) is 0 Å². The van der Waals surface area contributed by atoms with Crippen molar-refractivity contribution in [2.75, 3.05) is 0 Å². The van der Waals surface area contributed by atoms with E-state index in [2.05, 4.69) is 19.7 Å². The number of rotatable bonds is 0. The van der Waals surface area contributed by atoms with Crippen LogP contribution in [0.25, 0.3) is 0 Å². The molecule has 0 heterocycles. The molecule has 0 spiro atoms. The molecule has 34 valence electrons. The zero-order valence-corrected chi connectivity index (χ0v) is 8.09. The molecular formula is C5H10Pb. The third-order valence-corrected chi connectivity index (χ3v) is 0. The smallest absolute Gasteiger partial charge is 0 e. The molecule has 0 amide bonds. The van der Waals surface area contributed by atoms with E-state index < -0.39 is 0 Å². The molecule has 4 radical (unpaired) electrons. The molecule has 0 saturated carbocycles. The first-order valence-electron chi connectivity index (χ1n) is 1.49. The summed E-state index contributed by atoms with van der Waals surface area (Å²) in [6, 6.07) is 0. The van der Waals surface area contributed by atoms with Gasteiger partial charge in [-0.25, -0.2) is 0 Å². The second-order valence-electron chi connectivity index (χ2n) is 0.408. The van der Waals surface area contributed by atoms with Crippen molar-refractivity contribution in [1.29, 1.82) is 0 Å². The van der Waals surface area contributed by atoms with Crippen LogP contribution in [0.1, 0.15) is 6.92 Å². The van der Waals surface area contributed by atoms with Gasteiger partial charge in [-0.3, -0.25) is 0 Å². The van der Waals surface area contributed by atoms with Gasteiger partial charge in [-0.2, -0.15) is 0 Å². The zero-order chi connectivity index (χ0) is 4.71. The minimum Gasteiger partial charge on any atom is -0.106 e. The third kappa shape index (κ3) is 315. The van der Waals surface area contributed by atoms with Gasteiger partial charge in [0.05, 0.1) is 0 Å². The summed E-state index contributed by atoms with van der Waals surface area (Å²) in [6.07, 6.45) is 1.75. The molecule has 0 aliphatic heterocycles. The summed E-state index contributed by atoms with van der Waals surface area (Å²) < 4.78 is 0. The van der Waals surface area contributed by atoms with Crippen molar-refractivity contribution in [2.45, 2.75) is 6.92 Å². The molecule has 0 unspecified atom stereocenters. The molecule has 6 heavy (non-hydrogen) atoms. The van der Waals surface area contributed by atoms with Gasteiger partial charge in [-0.15, -0.1) is 19.7 Å². The van der Waals surface area contributed by atoms with E-state index in [0.29, 0.717) is 0 Å². The van der Waals surface area contributed by atoms with Crippen LogP contribution in [0.15, 0.2) is 25.8 Å². The maximum absolute atomic E-state index is 3.36. The Bertz CT molecular complexity index is 17.9. The Hall–Kier alpha value is 0.402. The summed E-state index contributed by atoms with van der Waals surface area (Å²) in [7, 11) is 0. The van der Waals surface area contributed by atoms with Gasteiger partial charge in [0.1, 0.15) is 0 Å². The van der Waals surface area contributed by atoms with Crippen molar-refractivity contribution in [1.82, 2.24) is 0 Å². The van der Waals surface area contributed by atoms with Crippen LogP contribution >= 0.6 is 0 Å². The van der Waals surface area contributed by atoms with Gasteiger partial charge in [-0.1, -0.05) is 6.08 Å². The summed E-state index contributed by atoms with van der Waals surface area (Å²) in [6.45, 7) is 11.2. The standard InChI is InChI=1S/C3H6.C2H4.Pb/c1-3-2;1-2;/h3H,1H2,2H3;1-2H2;. The van der Waals surface area contributed by atoms with Crippen LogP contribution in [0.2, 0.25) is 0 Å². The van der Waals surface area contributed by atoms with Gasteiger partial charge in [-0.05, 0) is 6.92 Å². The Balaban J connectivity index is -0.0000000275. The quantitative estimate of drug-likeness (QED) is 0.466. The van der Waals surface area contributed by atoms with Crippen molar-refractivity contribution >= 4 is 27.3 Å². The van der Waals surface area contributed by atoms with Crippen molar-refractivity contribution in [2.24, 2.45) is 0 Å². The Morgan fingerprint density at radius 1 is 1.33 bits per heavy atom. The van der Waals surface area contributed by atoms with E-state index >= 15 is 0 Å². The normalized spacial score (nSPS) is 2.83. The summed E-state index contributed by atoms with van der Waals surface area (Å²) in [4.78, 5) is 0. The molecular weight excluding hydrogens is 267 g/mol. The van der Waals surface area contributed by atoms with Crippen molar-refractivity contribution < 1.29 is 0 Å². The van der Waals surface area contributed by atoms with Crippen LogP contribution in [0.5, 0.6) is 0 Å². The van der Waals surface area contributed by atoms with Crippen molar-refractivity contribution in [3.05, 3.63) is 25.8 Å². The van der Waals surface area contributed by atoms with Gasteiger partial charge >= 0.3 is 0 Å². The SMILES string of the molecule is C=C.C=CC.[Pb]. The first kappa shape index (κ1) is 16.1. The minimum atomic E-state index is 0. The summed E-state index contributed by atoms with van der Waals surface area (Å²) in [5, 5.41) is 0. The monoisotopic (exact) mass is 278 g/mol. The van der Waals surface area contributed by atoms with Crippen LogP contribution in [-0.2, 0) is 0 Å². The van der Waals surface area contributed by atoms with Gasteiger partial charge < -0.3 is 0 Å². The van der Waals surface area contributed by atoms with Crippen LogP contribution < -0.4 is 0 Å². The van der Waals surface area contributed by atoms with E-state index in [1.807, 2.05) is 6.92 Å². The molecule has 0 aliphatic carbocycles. The zero-order valence-electron chi connectivity index (χ0n) is 4.20. The largest absolute Gasteiger partial charge is 0.106 e. The summed E-state index contributed by atoms with van der Waals surface area (Å²) in [5.41, 5.74) is 0. The van der Waals surface area contributed by atoms with Crippen LogP contribution in [0, 0.1) is 0 Å². The molecule has 0 aliphatic rings. The molecule has 0 bridgehead atoms. The predicted octanol–water partition coefficient (Wildman–Crippen LogP) is 1.61. The molecule has 0 fully saturated rings. The second kappa shape index (κ2) is 53.3. The topological polar surface area (TPSA) is 0 Å². The first-order chi connectivity index (χ1) is 2.41.